The van der Waals surface area contributed by atoms with Crippen LogP contribution in [0.4, 0.5) is 0 Å². The minimum Gasteiger partial charge on any atom is -0.381 e. The second kappa shape index (κ2) is 3.83. The van der Waals surface area contributed by atoms with Crippen LogP contribution in [0.2, 0.25) is 0 Å². The van der Waals surface area contributed by atoms with Crippen LogP contribution in [0.3, 0.4) is 0 Å². The van der Waals surface area contributed by atoms with Crippen LogP contribution in [0.15, 0.2) is 17.5 Å². The zero-order valence-corrected chi connectivity index (χ0v) is 9.98. The third-order valence-corrected chi connectivity index (χ3v) is 3.86. The molecule has 0 saturated carbocycles. The molecule has 15 heavy (non-hydrogen) atoms. The second-order valence-electron chi connectivity index (χ2n) is 3.83. The third-order valence-electron chi connectivity index (χ3n) is 2.94. The fourth-order valence-electron chi connectivity index (χ4n) is 1.74. The largest absolute Gasteiger partial charge is 0.381 e. The van der Waals surface area contributed by atoms with E-state index >= 15 is 0 Å². The van der Waals surface area contributed by atoms with Gasteiger partial charge in [0.25, 0.3) is 0 Å². The van der Waals surface area contributed by atoms with Crippen LogP contribution in [0.25, 0.3) is 0 Å². The van der Waals surface area contributed by atoms with Gasteiger partial charge in [-0.3, -0.25) is 0 Å². The van der Waals surface area contributed by atoms with Gasteiger partial charge in [0.2, 0.25) is 0 Å². The molecule has 0 aromatic carbocycles. The normalized spacial score (nSPS) is 13.1. The molecule has 0 fully saturated rings. The molecule has 0 bridgehead atoms. The number of hydrogen-bond donors (Lipinski definition) is 2. The lowest BCUT2D eigenvalue weighted by Gasteiger charge is -2.08. The monoisotopic (exact) mass is 221 g/mol. The maximum absolute atomic E-state index is 10.2. The van der Waals surface area contributed by atoms with Crippen LogP contribution in [0, 0.1) is 20.8 Å². The average molecular weight is 221 g/mol. The number of hydrogen-bond acceptors (Lipinski definition) is 2. The Hall–Kier alpha value is -1.06. The highest BCUT2D eigenvalue weighted by Gasteiger charge is 2.17. The number of aliphatic hydroxyl groups is 1. The van der Waals surface area contributed by atoms with Gasteiger partial charge >= 0.3 is 0 Å². The molecule has 2 aromatic heterocycles. The van der Waals surface area contributed by atoms with Gasteiger partial charge in [-0.1, -0.05) is 6.07 Å². The summed E-state index contributed by atoms with van der Waals surface area (Å²) in [5.74, 6) is 0. The van der Waals surface area contributed by atoms with E-state index in [0.29, 0.717) is 0 Å². The molecule has 0 aliphatic heterocycles. The summed E-state index contributed by atoms with van der Waals surface area (Å²) >= 11 is 1.58. The summed E-state index contributed by atoms with van der Waals surface area (Å²) in [6.07, 6.45) is -0.516. The quantitative estimate of drug-likeness (QED) is 0.803. The molecular formula is C12H15NOS. The molecule has 80 valence electrons. The molecule has 2 heterocycles. The number of aromatic nitrogens is 1. The highest BCUT2D eigenvalue weighted by Crippen LogP contribution is 2.29. The first-order chi connectivity index (χ1) is 7.11. The van der Waals surface area contributed by atoms with Gasteiger partial charge in [-0.25, -0.2) is 0 Å². The molecule has 0 aliphatic carbocycles. The molecule has 1 atom stereocenters. The number of H-pyrrole nitrogens is 1. The Morgan fingerprint density at radius 1 is 1.27 bits per heavy atom. The number of rotatable bonds is 2. The molecule has 0 amide bonds. The minimum absolute atomic E-state index is 0.516. The zero-order valence-electron chi connectivity index (χ0n) is 9.16. The van der Waals surface area contributed by atoms with E-state index < -0.39 is 6.10 Å². The van der Waals surface area contributed by atoms with Crippen molar-refractivity contribution in [2.45, 2.75) is 26.9 Å². The van der Waals surface area contributed by atoms with E-state index in [4.69, 9.17) is 0 Å². The van der Waals surface area contributed by atoms with Gasteiger partial charge in [-0.2, -0.15) is 0 Å². The minimum atomic E-state index is -0.516. The van der Waals surface area contributed by atoms with Crippen LogP contribution < -0.4 is 0 Å². The number of thiophene rings is 1. The fourth-order valence-corrected chi connectivity index (χ4v) is 2.45. The molecule has 2 nitrogen and oxygen atoms in total. The van der Waals surface area contributed by atoms with Crippen molar-refractivity contribution < 1.29 is 5.11 Å². The molecule has 0 aliphatic rings. The van der Waals surface area contributed by atoms with Gasteiger partial charge in [0.15, 0.2) is 0 Å². The lowest BCUT2D eigenvalue weighted by atomic mass is 10.1. The maximum atomic E-state index is 10.2. The van der Waals surface area contributed by atoms with E-state index in [2.05, 4.69) is 11.9 Å². The summed E-state index contributed by atoms with van der Waals surface area (Å²) in [5, 5.41) is 12.2. The van der Waals surface area contributed by atoms with Crippen molar-refractivity contribution in [1.29, 1.82) is 0 Å². The molecule has 2 N–H and O–H groups in total. The fraction of sp³-hybridized carbons (Fsp3) is 0.333. The van der Waals surface area contributed by atoms with E-state index in [9.17, 15) is 5.11 Å². The molecule has 2 rings (SSSR count). The summed E-state index contributed by atoms with van der Waals surface area (Å²) in [6, 6.07) is 3.92. The number of aliphatic hydroxyl groups excluding tert-OH is 1. The van der Waals surface area contributed by atoms with E-state index in [1.807, 2.05) is 31.4 Å². The van der Waals surface area contributed by atoms with Crippen molar-refractivity contribution in [3.63, 3.8) is 0 Å². The van der Waals surface area contributed by atoms with Crippen molar-refractivity contribution >= 4 is 11.3 Å². The second-order valence-corrected chi connectivity index (χ2v) is 4.81. The molecule has 1 unspecified atom stereocenters. The lowest BCUT2D eigenvalue weighted by molar-refractivity contribution is 0.219. The van der Waals surface area contributed by atoms with Crippen LogP contribution in [0.1, 0.15) is 33.5 Å². The van der Waals surface area contributed by atoms with Crippen LogP contribution in [-0.4, -0.2) is 10.1 Å². The van der Waals surface area contributed by atoms with Crippen molar-refractivity contribution in [2.24, 2.45) is 0 Å². The van der Waals surface area contributed by atoms with E-state index in [0.717, 1.165) is 21.8 Å². The Kier molecular flexibility index (Phi) is 2.67. The van der Waals surface area contributed by atoms with Crippen molar-refractivity contribution in [1.82, 2.24) is 4.98 Å². The zero-order chi connectivity index (χ0) is 11.0. The van der Waals surface area contributed by atoms with E-state index in [1.165, 1.54) is 5.56 Å². The first-order valence-corrected chi connectivity index (χ1v) is 5.86. The summed E-state index contributed by atoms with van der Waals surface area (Å²) in [6.45, 7) is 6.16. The summed E-state index contributed by atoms with van der Waals surface area (Å²) < 4.78 is 0. The number of nitrogens with one attached hydrogen (secondary N) is 1. The first-order valence-electron chi connectivity index (χ1n) is 4.98. The van der Waals surface area contributed by atoms with Gasteiger partial charge in [-0.15, -0.1) is 11.3 Å². The first kappa shape index (κ1) is 10.5. The Labute approximate surface area is 93.6 Å². The molecule has 0 radical (unpaired) electrons. The molecule has 2 aromatic rings. The smallest absolute Gasteiger partial charge is 0.128 e. The Balaban J connectivity index is 2.42. The van der Waals surface area contributed by atoms with Crippen LogP contribution >= 0.6 is 11.3 Å². The van der Waals surface area contributed by atoms with Crippen LogP contribution in [0.5, 0.6) is 0 Å². The summed E-state index contributed by atoms with van der Waals surface area (Å²) in [4.78, 5) is 4.24. The van der Waals surface area contributed by atoms with Gasteiger partial charge in [0.1, 0.15) is 6.10 Å². The van der Waals surface area contributed by atoms with Crippen molar-refractivity contribution in [3.8, 4) is 0 Å². The van der Waals surface area contributed by atoms with E-state index in [-0.39, 0.29) is 0 Å². The SMILES string of the molecule is Cc1[nH]c(C(O)c2cccs2)c(C)c1C. The van der Waals surface area contributed by atoms with Gasteiger partial charge < -0.3 is 10.1 Å². The molecule has 0 saturated heterocycles. The predicted molar refractivity (Wildman–Crippen MR) is 63.4 cm³/mol. The Morgan fingerprint density at radius 2 is 2.00 bits per heavy atom. The highest BCUT2D eigenvalue weighted by atomic mass is 32.1. The number of aryl methyl sites for hydroxylation is 1. The van der Waals surface area contributed by atoms with E-state index in [1.54, 1.807) is 11.3 Å². The standard InChI is InChI=1S/C12H15NOS/c1-7-8(2)11(13-9(7)3)12(14)10-5-4-6-15-10/h4-6,12-14H,1-3H3. The Bertz CT molecular complexity index is 456. The van der Waals surface area contributed by atoms with Crippen molar-refractivity contribution in [2.75, 3.05) is 0 Å². The van der Waals surface area contributed by atoms with Crippen LogP contribution in [-0.2, 0) is 0 Å². The number of aromatic amines is 1. The van der Waals surface area contributed by atoms with Gasteiger partial charge in [0, 0.05) is 10.6 Å². The molecular weight excluding hydrogens is 206 g/mol. The molecule has 0 spiro atoms. The summed E-state index contributed by atoms with van der Waals surface area (Å²) in [5.41, 5.74) is 4.46. The highest BCUT2D eigenvalue weighted by molar-refractivity contribution is 7.10. The Morgan fingerprint density at radius 3 is 2.47 bits per heavy atom. The van der Waals surface area contributed by atoms with Gasteiger partial charge in [-0.05, 0) is 43.3 Å². The lowest BCUT2D eigenvalue weighted by Crippen LogP contribution is -1.99. The summed E-state index contributed by atoms with van der Waals surface area (Å²) in [7, 11) is 0. The van der Waals surface area contributed by atoms with Gasteiger partial charge in [0.05, 0.1) is 5.69 Å². The topological polar surface area (TPSA) is 36.0 Å². The van der Waals surface area contributed by atoms with Crippen molar-refractivity contribution in [3.05, 3.63) is 44.9 Å². The predicted octanol–water partition coefficient (Wildman–Crippen LogP) is 3.08. The maximum Gasteiger partial charge on any atom is 0.128 e. The third kappa shape index (κ3) is 1.73. The average Bonchev–Trinajstić information content (AvgIpc) is 2.82. The molecule has 3 heteroatoms.